The minimum Gasteiger partial charge on any atom is -0.489 e. The summed E-state index contributed by atoms with van der Waals surface area (Å²) < 4.78 is 15.4. The Morgan fingerprint density at radius 2 is 1.84 bits per heavy atom. The average molecular weight is 441 g/mol. The van der Waals surface area contributed by atoms with E-state index in [0.717, 1.165) is 16.7 Å². The van der Waals surface area contributed by atoms with Gasteiger partial charge in [-0.25, -0.2) is 9.48 Å². The van der Waals surface area contributed by atoms with Crippen molar-refractivity contribution in [2.24, 2.45) is 14.1 Å². The third-order valence-electron chi connectivity index (χ3n) is 4.91. The van der Waals surface area contributed by atoms with Gasteiger partial charge in [0.05, 0.1) is 12.8 Å². The number of benzene rings is 2. The molecule has 0 unspecified atom stereocenters. The maximum absolute atomic E-state index is 12.2. The third-order valence-corrected chi connectivity index (χ3v) is 5.25. The third kappa shape index (κ3) is 3.79. The van der Waals surface area contributed by atoms with Crippen molar-refractivity contribution in [1.29, 1.82) is 0 Å². The van der Waals surface area contributed by atoms with Crippen LogP contribution in [0.2, 0.25) is 5.02 Å². The molecule has 0 bridgehead atoms. The number of ether oxygens (including phenoxy) is 2. The van der Waals surface area contributed by atoms with E-state index in [1.807, 2.05) is 43.3 Å². The number of rotatable bonds is 6. The molecule has 10 heteroatoms. The van der Waals surface area contributed by atoms with Gasteiger partial charge in [0.25, 0.3) is 0 Å². The van der Waals surface area contributed by atoms with Gasteiger partial charge in [-0.3, -0.25) is 0 Å². The normalized spacial score (nSPS) is 11.0. The molecule has 0 aliphatic carbocycles. The van der Waals surface area contributed by atoms with Gasteiger partial charge in [0.1, 0.15) is 23.1 Å². The molecule has 0 aliphatic rings. The fraction of sp³-hybridized carbons (Fsp3) is 0.238. The Balaban J connectivity index is 1.59. The van der Waals surface area contributed by atoms with E-state index in [4.69, 9.17) is 21.1 Å². The summed E-state index contributed by atoms with van der Waals surface area (Å²) >= 11 is 6.41. The van der Waals surface area contributed by atoms with Crippen LogP contribution in [0.15, 0.2) is 47.3 Å². The molecule has 31 heavy (non-hydrogen) atoms. The number of hydrogen-bond acceptors (Lipinski definition) is 6. The summed E-state index contributed by atoms with van der Waals surface area (Å²) in [7, 11) is 4.89. The predicted octanol–water partition coefficient (Wildman–Crippen LogP) is 2.92. The second kappa shape index (κ2) is 8.27. The van der Waals surface area contributed by atoms with Gasteiger partial charge >= 0.3 is 5.69 Å². The highest BCUT2D eigenvalue weighted by atomic mass is 35.5. The Hall–Kier alpha value is -3.59. The van der Waals surface area contributed by atoms with Crippen LogP contribution < -0.4 is 15.2 Å². The van der Waals surface area contributed by atoms with Crippen LogP contribution in [-0.4, -0.2) is 36.7 Å². The highest BCUT2D eigenvalue weighted by Gasteiger charge is 2.17. The summed E-state index contributed by atoms with van der Waals surface area (Å²) in [5.41, 5.74) is 3.54. The SMILES string of the molecule is COc1c(Cl)c(-c2ccc(OCc3ccccc3-n3nnn(C)c3=O)c(C)c2)nn1C. The minimum atomic E-state index is -0.323. The van der Waals surface area contributed by atoms with Gasteiger partial charge in [0.2, 0.25) is 5.88 Å². The summed E-state index contributed by atoms with van der Waals surface area (Å²) in [4.78, 5) is 12.2. The van der Waals surface area contributed by atoms with Crippen molar-refractivity contribution >= 4 is 11.6 Å². The van der Waals surface area contributed by atoms with Gasteiger partial charge in [-0.1, -0.05) is 29.8 Å². The smallest absolute Gasteiger partial charge is 0.368 e. The zero-order valence-electron chi connectivity index (χ0n) is 17.5. The maximum atomic E-state index is 12.2. The Labute approximate surface area is 183 Å². The van der Waals surface area contributed by atoms with Crippen molar-refractivity contribution in [3.8, 4) is 28.6 Å². The molecule has 0 N–H and O–H groups in total. The molecule has 0 atom stereocenters. The van der Waals surface area contributed by atoms with Crippen LogP contribution in [0.1, 0.15) is 11.1 Å². The number of nitrogens with zero attached hydrogens (tertiary/aromatic N) is 6. The Morgan fingerprint density at radius 3 is 2.48 bits per heavy atom. The summed E-state index contributed by atoms with van der Waals surface area (Å²) in [5, 5.41) is 12.6. The number of methoxy groups -OCH3 is 1. The van der Waals surface area contributed by atoms with Crippen LogP contribution in [0.5, 0.6) is 11.6 Å². The van der Waals surface area contributed by atoms with E-state index in [1.165, 1.54) is 9.36 Å². The summed E-state index contributed by atoms with van der Waals surface area (Å²) in [6, 6.07) is 13.2. The molecule has 2 aromatic heterocycles. The van der Waals surface area contributed by atoms with Crippen LogP contribution >= 0.6 is 11.6 Å². The summed E-state index contributed by atoms with van der Waals surface area (Å²) in [5.74, 6) is 1.22. The van der Waals surface area contributed by atoms with Crippen LogP contribution in [-0.2, 0) is 20.7 Å². The zero-order valence-corrected chi connectivity index (χ0v) is 18.3. The average Bonchev–Trinajstić information content (AvgIpc) is 3.25. The van der Waals surface area contributed by atoms with E-state index in [1.54, 1.807) is 32.0 Å². The van der Waals surface area contributed by atoms with Crippen molar-refractivity contribution < 1.29 is 9.47 Å². The van der Waals surface area contributed by atoms with Crippen molar-refractivity contribution in [3.05, 3.63) is 69.1 Å². The molecule has 4 aromatic rings. The van der Waals surface area contributed by atoms with Crippen molar-refractivity contribution in [2.75, 3.05) is 7.11 Å². The molecule has 2 aromatic carbocycles. The molecule has 0 fully saturated rings. The van der Waals surface area contributed by atoms with E-state index >= 15 is 0 Å². The zero-order chi connectivity index (χ0) is 22.1. The first-order valence-corrected chi connectivity index (χ1v) is 9.86. The number of para-hydroxylation sites is 1. The molecule has 0 saturated heterocycles. The highest BCUT2D eigenvalue weighted by molar-refractivity contribution is 6.34. The number of hydrogen-bond donors (Lipinski definition) is 0. The number of halogens is 1. The Bertz CT molecular complexity index is 1310. The van der Waals surface area contributed by atoms with Crippen LogP contribution in [0.4, 0.5) is 0 Å². The molecular weight excluding hydrogens is 420 g/mol. The fourth-order valence-electron chi connectivity index (χ4n) is 3.31. The van der Waals surface area contributed by atoms with Crippen molar-refractivity contribution in [1.82, 2.24) is 29.6 Å². The van der Waals surface area contributed by atoms with Crippen molar-refractivity contribution in [2.45, 2.75) is 13.5 Å². The molecule has 160 valence electrons. The van der Waals surface area contributed by atoms with Crippen molar-refractivity contribution in [3.63, 3.8) is 0 Å². The first-order chi connectivity index (χ1) is 14.9. The Kier molecular flexibility index (Phi) is 5.51. The molecule has 0 aliphatic heterocycles. The summed E-state index contributed by atoms with van der Waals surface area (Å²) in [6.07, 6.45) is 0. The molecule has 0 radical (unpaired) electrons. The lowest BCUT2D eigenvalue weighted by Gasteiger charge is -2.12. The first kappa shape index (κ1) is 20.7. The first-order valence-electron chi connectivity index (χ1n) is 9.48. The second-order valence-electron chi connectivity index (χ2n) is 6.99. The molecule has 0 amide bonds. The molecule has 4 rings (SSSR count). The van der Waals surface area contributed by atoms with Crippen LogP contribution in [0.25, 0.3) is 16.9 Å². The lowest BCUT2D eigenvalue weighted by Crippen LogP contribution is -2.23. The molecule has 0 spiro atoms. The molecular formula is C21H21ClN6O3. The fourth-order valence-corrected chi connectivity index (χ4v) is 3.65. The van der Waals surface area contributed by atoms with Gasteiger partial charge in [0, 0.05) is 25.2 Å². The van der Waals surface area contributed by atoms with Crippen LogP contribution in [0.3, 0.4) is 0 Å². The summed E-state index contributed by atoms with van der Waals surface area (Å²) in [6.45, 7) is 2.21. The molecule has 9 nitrogen and oxygen atoms in total. The van der Waals surface area contributed by atoms with Gasteiger partial charge in [-0.15, -0.1) is 0 Å². The van der Waals surface area contributed by atoms with Gasteiger partial charge in [-0.2, -0.15) is 14.5 Å². The predicted molar refractivity (Wildman–Crippen MR) is 116 cm³/mol. The standard InChI is InChI=1S/C21H21ClN6O3/c1-13-11-14(19-18(22)20(30-4)26(2)23-19)9-10-17(13)31-12-15-7-5-6-8-16(15)28-21(29)27(3)24-25-28/h5-11H,12H2,1-4H3. The van der Waals surface area contributed by atoms with Gasteiger partial charge in [-0.05, 0) is 47.2 Å². The monoisotopic (exact) mass is 440 g/mol. The van der Waals surface area contributed by atoms with Gasteiger partial charge < -0.3 is 9.47 Å². The number of aryl methyl sites for hydroxylation is 3. The quantitative estimate of drug-likeness (QED) is 0.458. The molecule has 2 heterocycles. The largest absolute Gasteiger partial charge is 0.489 e. The number of aromatic nitrogens is 6. The van der Waals surface area contributed by atoms with E-state index in [2.05, 4.69) is 15.5 Å². The lowest BCUT2D eigenvalue weighted by atomic mass is 10.1. The van der Waals surface area contributed by atoms with E-state index < -0.39 is 0 Å². The maximum Gasteiger partial charge on any atom is 0.368 e. The Morgan fingerprint density at radius 1 is 1.06 bits per heavy atom. The molecule has 0 saturated carbocycles. The van der Waals surface area contributed by atoms with Crippen LogP contribution in [0, 0.1) is 6.92 Å². The number of tetrazole rings is 1. The second-order valence-corrected chi connectivity index (χ2v) is 7.37. The van der Waals surface area contributed by atoms with E-state index in [-0.39, 0.29) is 12.3 Å². The highest BCUT2D eigenvalue weighted by Crippen LogP contribution is 2.36. The topological polar surface area (TPSA) is 89.0 Å². The van der Waals surface area contributed by atoms with Gasteiger partial charge in [0.15, 0.2) is 0 Å². The van der Waals surface area contributed by atoms with E-state index in [9.17, 15) is 4.79 Å². The minimum absolute atomic E-state index is 0.261. The lowest BCUT2D eigenvalue weighted by molar-refractivity contribution is 0.303. The van der Waals surface area contributed by atoms with E-state index in [0.29, 0.717) is 28.0 Å².